The number of aryl methyl sites for hydroxylation is 1. The average molecular weight is 268 g/mol. The van der Waals surface area contributed by atoms with Gasteiger partial charge in [-0.3, -0.25) is 9.59 Å². The molecular formula is C13H14ClNO3. The number of aliphatic carboxylic acids is 1. The lowest BCUT2D eigenvalue weighted by atomic mass is 9.80. The van der Waals surface area contributed by atoms with E-state index in [2.05, 4.69) is 5.32 Å². The molecule has 2 N–H and O–H groups in total. The summed E-state index contributed by atoms with van der Waals surface area (Å²) in [5.74, 6) is -1.31. The number of rotatable bonds is 3. The molecule has 0 heterocycles. The van der Waals surface area contributed by atoms with Gasteiger partial charge >= 0.3 is 5.97 Å². The molecule has 4 nitrogen and oxygen atoms in total. The summed E-state index contributed by atoms with van der Waals surface area (Å²) in [7, 11) is 0. The third-order valence-electron chi connectivity index (χ3n) is 3.13. The van der Waals surface area contributed by atoms with Gasteiger partial charge in [-0.25, -0.2) is 0 Å². The van der Waals surface area contributed by atoms with Gasteiger partial charge in [-0.15, -0.1) is 0 Å². The molecule has 0 spiro atoms. The van der Waals surface area contributed by atoms with Crippen molar-refractivity contribution in [1.82, 2.24) is 5.32 Å². The number of carboxylic acids is 1. The van der Waals surface area contributed by atoms with E-state index in [1.807, 2.05) is 6.92 Å². The normalized spacial score (nSPS) is 22.1. The number of nitrogens with one attached hydrogen (secondary N) is 1. The van der Waals surface area contributed by atoms with Crippen LogP contribution in [0.3, 0.4) is 0 Å². The standard InChI is InChI=1S/C13H14ClNO3/c1-7-2-8(4-10(14)3-7)12(16)15-11-5-9(6-11)13(17)18/h2-4,9,11H,5-6H2,1H3,(H,15,16)(H,17,18). The van der Waals surface area contributed by atoms with Crippen molar-refractivity contribution in [2.75, 3.05) is 0 Å². The summed E-state index contributed by atoms with van der Waals surface area (Å²) in [5, 5.41) is 12.1. The first kappa shape index (κ1) is 12.9. The molecule has 1 aliphatic rings. The summed E-state index contributed by atoms with van der Waals surface area (Å²) >= 11 is 5.89. The van der Waals surface area contributed by atoms with Crippen LogP contribution in [0.2, 0.25) is 5.02 Å². The Kier molecular flexibility index (Phi) is 3.57. The lowest BCUT2D eigenvalue weighted by molar-refractivity contribution is -0.145. The summed E-state index contributed by atoms with van der Waals surface area (Å²) in [6, 6.07) is 5.10. The van der Waals surface area contributed by atoms with Gasteiger partial charge in [0.15, 0.2) is 0 Å². The minimum absolute atomic E-state index is 0.0436. The predicted molar refractivity (Wildman–Crippen MR) is 67.8 cm³/mol. The van der Waals surface area contributed by atoms with E-state index < -0.39 is 5.97 Å². The second-order valence-corrected chi connectivity index (χ2v) is 5.13. The number of carbonyl (C=O) groups is 2. The first-order valence-corrected chi connectivity index (χ1v) is 6.14. The quantitative estimate of drug-likeness (QED) is 0.883. The Morgan fingerprint density at radius 1 is 1.33 bits per heavy atom. The SMILES string of the molecule is Cc1cc(Cl)cc(C(=O)NC2CC(C(=O)O)C2)c1. The van der Waals surface area contributed by atoms with Gasteiger partial charge in [-0.1, -0.05) is 11.6 Å². The number of hydrogen-bond acceptors (Lipinski definition) is 2. The minimum atomic E-state index is -0.793. The molecule has 1 aromatic carbocycles. The lowest BCUT2D eigenvalue weighted by Gasteiger charge is -2.32. The van der Waals surface area contributed by atoms with E-state index in [1.165, 1.54) is 0 Å². The Labute approximate surface area is 110 Å². The second-order valence-electron chi connectivity index (χ2n) is 4.69. The number of halogens is 1. The molecule has 0 saturated heterocycles. The lowest BCUT2D eigenvalue weighted by Crippen LogP contribution is -2.46. The summed E-state index contributed by atoms with van der Waals surface area (Å²) in [6.45, 7) is 1.87. The third-order valence-corrected chi connectivity index (χ3v) is 3.35. The van der Waals surface area contributed by atoms with E-state index in [4.69, 9.17) is 16.7 Å². The molecule has 0 aliphatic heterocycles. The molecule has 1 aromatic rings. The first-order chi connectivity index (χ1) is 8.45. The number of hydrogen-bond donors (Lipinski definition) is 2. The third kappa shape index (κ3) is 2.82. The van der Waals surface area contributed by atoms with Crippen molar-refractivity contribution in [3.8, 4) is 0 Å². The number of amides is 1. The van der Waals surface area contributed by atoms with Crippen LogP contribution in [0.5, 0.6) is 0 Å². The molecule has 96 valence electrons. The second kappa shape index (κ2) is 4.98. The number of carbonyl (C=O) groups excluding carboxylic acids is 1. The van der Waals surface area contributed by atoms with E-state index in [0.717, 1.165) is 5.56 Å². The molecule has 0 unspecified atom stereocenters. The van der Waals surface area contributed by atoms with Crippen molar-refractivity contribution in [3.05, 3.63) is 34.3 Å². The molecular weight excluding hydrogens is 254 g/mol. The van der Waals surface area contributed by atoms with Gasteiger partial charge in [0.1, 0.15) is 0 Å². The van der Waals surface area contributed by atoms with Gasteiger partial charge in [-0.05, 0) is 43.5 Å². The van der Waals surface area contributed by atoms with Gasteiger partial charge in [0.05, 0.1) is 5.92 Å². The van der Waals surface area contributed by atoms with Crippen LogP contribution in [-0.4, -0.2) is 23.0 Å². The fraction of sp³-hybridized carbons (Fsp3) is 0.385. The summed E-state index contributed by atoms with van der Waals surface area (Å²) in [6.07, 6.45) is 1.00. The van der Waals surface area contributed by atoms with Crippen LogP contribution in [0.1, 0.15) is 28.8 Å². The molecule has 2 rings (SSSR count). The molecule has 18 heavy (non-hydrogen) atoms. The zero-order valence-corrected chi connectivity index (χ0v) is 10.7. The van der Waals surface area contributed by atoms with Crippen LogP contribution in [0.25, 0.3) is 0 Å². The molecule has 1 saturated carbocycles. The van der Waals surface area contributed by atoms with Gasteiger partial charge in [-0.2, -0.15) is 0 Å². The summed E-state index contributed by atoms with van der Waals surface area (Å²) < 4.78 is 0. The molecule has 5 heteroatoms. The van der Waals surface area contributed by atoms with Gasteiger partial charge in [0.25, 0.3) is 5.91 Å². The Bertz CT molecular complexity index is 475. The molecule has 1 aliphatic carbocycles. The average Bonchev–Trinajstić information content (AvgIpc) is 2.20. The van der Waals surface area contributed by atoms with Crippen LogP contribution in [0.4, 0.5) is 0 Å². The highest BCUT2D eigenvalue weighted by molar-refractivity contribution is 6.31. The maximum Gasteiger partial charge on any atom is 0.306 e. The summed E-state index contributed by atoms with van der Waals surface area (Å²) in [5.41, 5.74) is 1.43. The van der Waals surface area contributed by atoms with Gasteiger partial charge in [0.2, 0.25) is 0 Å². The van der Waals surface area contributed by atoms with Gasteiger partial charge < -0.3 is 10.4 Å². The molecule has 0 bridgehead atoms. The monoisotopic (exact) mass is 267 g/mol. The van der Waals surface area contributed by atoms with E-state index in [0.29, 0.717) is 23.4 Å². The van der Waals surface area contributed by atoms with Gasteiger partial charge in [0, 0.05) is 16.6 Å². The highest BCUT2D eigenvalue weighted by atomic mass is 35.5. The molecule has 1 fully saturated rings. The number of benzene rings is 1. The Morgan fingerprint density at radius 3 is 2.56 bits per heavy atom. The predicted octanol–water partition coefficient (Wildman–Crippen LogP) is 2.24. The fourth-order valence-corrected chi connectivity index (χ4v) is 2.36. The Morgan fingerprint density at radius 2 is 2.00 bits per heavy atom. The minimum Gasteiger partial charge on any atom is -0.481 e. The highest BCUT2D eigenvalue weighted by Crippen LogP contribution is 2.27. The number of carboxylic acid groups (broad SMARTS) is 1. The largest absolute Gasteiger partial charge is 0.481 e. The molecule has 0 atom stereocenters. The highest BCUT2D eigenvalue weighted by Gasteiger charge is 2.35. The zero-order valence-electron chi connectivity index (χ0n) is 9.94. The topological polar surface area (TPSA) is 66.4 Å². The first-order valence-electron chi connectivity index (χ1n) is 5.76. The maximum atomic E-state index is 11.9. The maximum absolute atomic E-state index is 11.9. The van der Waals surface area contributed by atoms with E-state index in [1.54, 1.807) is 18.2 Å². The van der Waals surface area contributed by atoms with Crippen LogP contribution >= 0.6 is 11.6 Å². The Balaban J connectivity index is 1.95. The van der Waals surface area contributed by atoms with Crippen molar-refractivity contribution < 1.29 is 14.7 Å². The smallest absolute Gasteiger partial charge is 0.306 e. The molecule has 1 amide bonds. The van der Waals surface area contributed by atoms with Crippen LogP contribution in [-0.2, 0) is 4.79 Å². The van der Waals surface area contributed by atoms with Crippen molar-refractivity contribution >= 4 is 23.5 Å². The molecule has 0 aromatic heterocycles. The molecule has 0 radical (unpaired) electrons. The van der Waals surface area contributed by atoms with Crippen LogP contribution in [0, 0.1) is 12.8 Å². The zero-order chi connectivity index (χ0) is 13.3. The van der Waals surface area contributed by atoms with E-state index in [-0.39, 0.29) is 17.9 Å². The Hall–Kier alpha value is -1.55. The fourth-order valence-electron chi connectivity index (χ4n) is 2.07. The van der Waals surface area contributed by atoms with E-state index >= 15 is 0 Å². The van der Waals surface area contributed by atoms with Crippen molar-refractivity contribution in [2.24, 2.45) is 5.92 Å². The van der Waals surface area contributed by atoms with Crippen molar-refractivity contribution in [3.63, 3.8) is 0 Å². The van der Waals surface area contributed by atoms with E-state index in [9.17, 15) is 9.59 Å². The summed E-state index contributed by atoms with van der Waals surface area (Å²) in [4.78, 5) is 22.6. The van der Waals surface area contributed by atoms with Crippen molar-refractivity contribution in [1.29, 1.82) is 0 Å². The van der Waals surface area contributed by atoms with Crippen LogP contribution < -0.4 is 5.32 Å². The van der Waals surface area contributed by atoms with Crippen molar-refractivity contribution in [2.45, 2.75) is 25.8 Å². The van der Waals surface area contributed by atoms with Crippen LogP contribution in [0.15, 0.2) is 18.2 Å².